The van der Waals surface area contributed by atoms with Crippen LogP contribution in [0.5, 0.6) is 0 Å². The number of amides is 2. The molecule has 2 aliphatic heterocycles. The number of nitrogens with zero attached hydrogens (tertiary/aromatic N) is 3. The topological polar surface area (TPSA) is 147 Å². The maximum atomic E-state index is 13.1. The Morgan fingerprint density at radius 3 is 2.74 bits per heavy atom. The standard InChI is InChI=1S/C22H20N4O7S2/c1-12(27)32-9-13-11-35-21-17(20(29)26(21)18(13)22(30)31)24-19(28)16(15-6-4-8-34-15)25-33-10-14-5-2-3-7-23-14/h2-8,17,21H,9-11H2,1H3,(H,24,28)(H,30,31)/t17-,21-/m1/s1. The van der Waals surface area contributed by atoms with E-state index in [1.807, 2.05) is 0 Å². The number of rotatable bonds is 9. The second-order valence-electron chi connectivity index (χ2n) is 7.41. The zero-order chi connectivity index (χ0) is 24.9. The number of thioether (sulfide) groups is 1. The number of carboxylic acids is 1. The Hall–Kier alpha value is -3.71. The number of hydrogen-bond acceptors (Lipinski definition) is 10. The Bertz CT molecular complexity index is 1200. The van der Waals surface area contributed by atoms with Gasteiger partial charge < -0.3 is 20.0 Å². The van der Waals surface area contributed by atoms with Crippen molar-refractivity contribution in [3.05, 3.63) is 63.7 Å². The predicted molar refractivity (Wildman–Crippen MR) is 126 cm³/mol. The maximum absolute atomic E-state index is 13.1. The van der Waals surface area contributed by atoms with Gasteiger partial charge in [0.25, 0.3) is 11.8 Å². The van der Waals surface area contributed by atoms with Gasteiger partial charge in [-0.25, -0.2) is 4.79 Å². The average Bonchev–Trinajstić information content (AvgIpc) is 3.38. The van der Waals surface area contributed by atoms with E-state index in [0.29, 0.717) is 16.1 Å². The van der Waals surface area contributed by atoms with Crippen molar-refractivity contribution in [1.29, 1.82) is 0 Å². The van der Waals surface area contributed by atoms with E-state index >= 15 is 0 Å². The van der Waals surface area contributed by atoms with Crippen LogP contribution in [-0.2, 0) is 35.4 Å². The molecule has 2 N–H and O–H groups in total. The molecule has 4 rings (SSSR count). The lowest BCUT2D eigenvalue weighted by Crippen LogP contribution is -2.71. The number of hydrogen-bond donors (Lipinski definition) is 2. The number of aromatic nitrogens is 1. The number of esters is 1. The number of β-lactam (4-membered cyclic amide) rings is 1. The molecule has 2 amide bonds. The van der Waals surface area contributed by atoms with E-state index in [4.69, 9.17) is 9.57 Å². The second-order valence-corrected chi connectivity index (χ2v) is 9.46. The number of carboxylic acid groups (broad SMARTS) is 1. The highest BCUT2D eigenvalue weighted by molar-refractivity contribution is 8.00. The number of ether oxygens (including phenoxy) is 1. The summed E-state index contributed by atoms with van der Waals surface area (Å²) < 4.78 is 4.92. The Kier molecular flexibility index (Phi) is 7.46. The van der Waals surface area contributed by atoms with E-state index in [0.717, 1.165) is 4.90 Å². The summed E-state index contributed by atoms with van der Waals surface area (Å²) in [5.74, 6) is -2.83. The minimum absolute atomic E-state index is 0.00691. The predicted octanol–water partition coefficient (Wildman–Crippen LogP) is 1.37. The summed E-state index contributed by atoms with van der Waals surface area (Å²) >= 11 is 2.55. The van der Waals surface area contributed by atoms with Crippen LogP contribution in [0.3, 0.4) is 0 Å². The van der Waals surface area contributed by atoms with Crippen molar-refractivity contribution < 1.29 is 33.9 Å². The number of aliphatic carboxylic acids is 1. The first-order chi connectivity index (χ1) is 16.9. The van der Waals surface area contributed by atoms with Crippen molar-refractivity contribution in [3.8, 4) is 0 Å². The van der Waals surface area contributed by atoms with Gasteiger partial charge in [0.15, 0.2) is 12.3 Å². The minimum atomic E-state index is -1.31. The summed E-state index contributed by atoms with van der Waals surface area (Å²) in [6, 6.07) is 7.83. The number of nitrogens with one attached hydrogen (secondary N) is 1. The molecule has 13 heteroatoms. The monoisotopic (exact) mass is 516 g/mol. The van der Waals surface area contributed by atoms with Gasteiger partial charge in [-0.2, -0.15) is 0 Å². The smallest absolute Gasteiger partial charge is 0.352 e. The van der Waals surface area contributed by atoms with Crippen molar-refractivity contribution in [1.82, 2.24) is 15.2 Å². The first-order valence-corrected chi connectivity index (χ1v) is 12.3. The molecule has 2 aromatic rings. The lowest BCUT2D eigenvalue weighted by atomic mass is 10.0. The lowest BCUT2D eigenvalue weighted by Gasteiger charge is -2.49. The Labute approximate surface area is 207 Å². The minimum Gasteiger partial charge on any atom is -0.477 e. The molecule has 0 unspecified atom stereocenters. The number of oxime groups is 1. The summed E-state index contributed by atoms with van der Waals surface area (Å²) in [5.41, 5.74) is 0.711. The molecule has 2 atom stereocenters. The fourth-order valence-corrected chi connectivity index (χ4v) is 5.48. The van der Waals surface area contributed by atoms with Gasteiger partial charge in [0, 0.05) is 24.4 Å². The number of pyridine rings is 1. The van der Waals surface area contributed by atoms with E-state index in [-0.39, 0.29) is 30.4 Å². The van der Waals surface area contributed by atoms with Crippen molar-refractivity contribution >= 4 is 52.6 Å². The van der Waals surface area contributed by atoms with E-state index in [1.165, 1.54) is 30.0 Å². The molecule has 0 saturated carbocycles. The van der Waals surface area contributed by atoms with Crippen LogP contribution in [-0.4, -0.2) is 68.2 Å². The fraction of sp³-hybridized carbons (Fsp3) is 0.273. The van der Waals surface area contributed by atoms with Gasteiger partial charge in [0.1, 0.15) is 23.7 Å². The third-order valence-electron chi connectivity index (χ3n) is 5.05. The van der Waals surface area contributed by atoms with Gasteiger partial charge in [-0.3, -0.25) is 24.3 Å². The van der Waals surface area contributed by atoms with E-state index in [2.05, 4.69) is 15.5 Å². The highest BCUT2D eigenvalue weighted by Gasteiger charge is 2.54. The van der Waals surface area contributed by atoms with Crippen LogP contribution in [0.15, 0.2) is 58.3 Å². The van der Waals surface area contributed by atoms with Gasteiger partial charge in [-0.05, 0) is 23.6 Å². The van der Waals surface area contributed by atoms with Crippen LogP contribution in [0.1, 0.15) is 17.5 Å². The highest BCUT2D eigenvalue weighted by Crippen LogP contribution is 2.40. The maximum Gasteiger partial charge on any atom is 0.352 e. The van der Waals surface area contributed by atoms with Crippen molar-refractivity contribution in [2.45, 2.75) is 24.9 Å². The zero-order valence-corrected chi connectivity index (χ0v) is 20.0. The van der Waals surface area contributed by atoms with Gasteiger partial charge in [0.2, 0.25) is 0 Å². The normalized spacial score (nSPS) is 19.5. The Balaban J connectivity index is 1.48. The molecular formula is C22H20N4O7S2. The van der Waals surface area contributed by atoms with Gasteiger partial charge in [0.05, 0.1) is 10.6 Å². The van der Waals surface area contributed by atoms with Crippen LogP contribution in [0, 0.1) is 0 Å². The van der Waals surface area contributed by atoms with Crippen LogP contribution in [0.4, 0.5) is 0 Å². The molecule has 2 aliphatic rings. The third-order valence-corrected chi connectivity index (χ3v) is 7.27. The van der Waals surface area contributed by atoms with Gasteiger partial charge in [-0.1, -0.05) is 17.3 Å². The Morgan fingerprint density at radius 2 is 2.09 bits per heavy atom. The van der Waals surface area contributed by atoms with E-state index in [1.54, 1.807) is 41.9 Å². The summed E-state index contributed by atoms with van der Waals surface area (Å²) in [5, 5.41) is 17.5. The second kappa shape index (κ2) is 10.7. The third kappa shape index (κ3) is 5.35. The van der Waals surface area contributed by atoms with Gasteiger partial charge in [-0.15, -0.1) is 23.1 Å². The zero-order valence-electron chi connectivity index (χ0n) is 18.4. The van der Waals surface area contributed by atoms with Gasteiger partial charge >= 0.3 is 11.9 Å². The molecule has 0 radical (unpaired) electrons. The summed E-state index contributed by atoms with van der Waals surface area (Å²) in [6.45, 7) is 1.04. The van der Waals surface area contributed by atoms with Crippen LogP contribution in [0.2, 0.25) is 0 Å². The van der Waals surface area contributed by atoms with E-state index < -0.39 is 35.2 Å². The molecule has 0 aliphatic carbocycles. The van der Waals surface area contributed by atoms with E-state index in [9.17, 15) is 24.3 Å². The molecule has 1 fully saturated rings. The molecule has 0 bridgehead atoms. The molecule has 2 aromatic heterocycles. The van der Waals surface area contributed by atoms with Crippen molar-refractivity contribution in [3.63, 3.8) is 0 Å². The van der Waals surface area contributed by atoms with Crippen LogP contribution >= 0.6 is 23.1 Å². The summed E-state index contributed by atoms with van der Waals surface area (Å²) in [6.07, 6.45) is 1.61. The van der Waals surface area contributed by atoms with Crippen LogP contribution in [0.25, 0.3) is 0 Å². The van der Waals surface area contributed by atoms with Crippen LogP contribution < -0.4 is 5.32 Å². The average molecular weight is 517 g/mol. The lowest BCUT2D eigenvalue weighted by molar-refractivity contribution is -0.150. The molecule has 11 nitrogen and oxygen atoms in total. The first kappa shape index (κ1) is 24.4. The fourth-order valence-electron chi connectivity index (χ4n) is 3.45. The molecule has 0 spiro atoms. The summed E-state index contributed by atoms with van der Waals surface area (Å²) in [7, 11) is 0. The summed E-state index contributed by atoms with van der Waals surface area (Å²) in [4.78, 5) is 60.0. The quantitative estimate of drug-likeness (QED) is 0.218. The SMILES string of the molecule is CC(=O)OCC1=C(C(=O)O)N2C(=O)[C@@H](NC(=O)C(=NOCc3ccccn3)c3cccs3)[C@H]2SC1. The molecule has 4 heterocycles. The number of carbonyl (C=O) groups is 4. The van der Waals surface area contributed by atoms with Crippen molar-refractivity contribution in [2.24, 2.45) is 5.16 Å². The largest absolute Gasteiger partial charge is 0.477 e. The highest BCUT2D eigenvalue weighted by atomic mass is 32.2. The first-order valence-electron chi connectivity index (χ1n) is 10.3. The number of fused-ring (bicyclic) bond motifs is 1. The molecule has 182 valence electrons. The number of thiophene rings is 1. The molecule has 35 heavy (non-hydrogen) atoms. The Morgan fingerprint density at radius 1 is 1.26 bits per heavy atom. The molecular weight excluding hydrogens is 496 g/mol. The molecule has 0 aromatic carbocycles. The number of carbonyl (C=O) groups excluding carboxylic acids is 3. The van der Waals surface area contributed by atoms with Crippen molar-refractivity contribution in [2.75, 3.05) is 12.4 Å². The molecule has 1 saturated heterocycles.